The van der Waals surface area contributed by atoms with Crippen molar-refractivity contribution < 1.29 is 26.4 Å². The summed E-state index contributed by atoms with van der Waals surface area (Å²) in [6.07, 6.45) is 0. The van der Waals surface area contributed by atoms with Gasteiger partial charge >= 0.3 is 0 Å². The number of carbonyl (C=O) groups excluding carboxylic acids is 2. The maximum absolute atomic E-state index is 12.9. The van der Waals surface area contributed by atoms with Gasteiger partial charge in [-0.25, -0.2) is 16.8 Å². The molecule has 0 aromatic heterocycles. The Bertz CT molecular complexity index is 1970. The maximum Gasteiger partial charge on any atom is 0.261 e. The normalized spacial score (nSPS) is 18.1. The summed E-state index contributed by atoms with van der Waals surface area (Å²) in [5, 5.41) is 3.32. The number of carbonyl (C=O) groups is 2. The Balaban J connectivity index is 0.000000190. The second kappa shape index (κ2) is 18.6. The summed E-state index contributed by atoms with van der Waals surface area (Å²) in [6.45, 7) is 7.48. The predicted octanol–water partition coefficient (Wildman–Crippen LogP) is 6.48. The largest absolute Gasteiger partial charge is 0.336 e. The number of nitrogens with zero attached hydrogens (tertiary/aromatic N) is 3. The van der Waals surface area contributed by atoms with E-state index in [1.807, 2.05) is 60.4 Å². The number of benzene rings is 4. The molecule has 0 spiro atoms. The van der Waals surface area contributed by atoms with Gasteiger partial charge in [0.2, 0.25) is 10.0 Å². The fourth-order valence-corrected chi connectivity index (χ4v) is 8.38. The smallest absolute Gasteiger partial charge is 0.261 e. The molecule has 1 N–H and O–H groups in total. The van der Waals surface area contributed by atoms with Crippen LogP contribution < -0.4 is 5.32 Å². The number of rotatable bonds is 5. The van der Waals surface area contributed by atoms with Crippen molar-refractivity contribution in [1.29, 1.82) is 0 Å². The second-order valence-corrected chi connectivity index (χ2v) is 18.2. The number of piperazine rings is 2. The highest BCUT2D eigenvalue weighted by molar-refractivity contribution is 9.10. The van der Waals surface area contributed by atoms with Crippen molar-refractivity contribution >= 4 is 73.4 Å². The predicted molar refractivity (Wildman–Crippen MR) is 207 cm³/mol. The van der Waals surface area contributed by atoms with E-state index in [1.165, 1.54) is 16.4 Å². The highest BCUT2D eigenvalue weighted by atomic mass is 79.9. The van der Waals surface area contributed by atoms with Crippen LogP contribution in [0.5, 0.6) is 0 Å². The molecule has 2 heterocycles. The molecule has 0 unspecified atom stereocenters. The van der Waals surface area contributed by atoms with Crippen molar-refractivity contribution in [2.75, 3.05) is 39.3 Å². The van der Waals surface area contributed by atoms with E-state index < -0.39 is 19.1 Å². The van der Waals surface area contributed by atoms with Crippen LogP contribution in [0.1, 0.15) is 34.6 Å². The van der Waals surface area contributed by atoms with Crippen molar-refractivity contribution in [3.63, 3.8) is 0 Å². The number of amides is 2. The summed E-state index contributed by atoms with van der Waals surface area (Å²) in [7, 11) is -2.07. The molecular formula is C36H39Br2ClN4O6S2. The summed E-state index contributed by atoms with van der Waals surface area (Å²) >= 11 is 6.49. The zero-order valence-corrected chi connectivity index (χ0v) is 33.6. The Morgan fingerprint density at radius 1 is 0.647 bits per heavy atom. The summed E-state index contributed by atoms with van der Waals surface area (Å²) in [4.78, 5) is 28.6. The monoisotopic (exact) mass is 880 g/mol. The Morgan fingerprint density at radius 3 is 1.53 bits per heavy atom. The van der Waals surface area contributed by atoms with Crippen molar-refractivity contribution in [2.24, 2.45) is 0 Å². The summed E-state index contributed by atoms with van der Waals surface area (Å²) < 4.78 is 50.2. The van der Waals surface area contributed by atoms with Crippen molar-refractivity contribution in [1.82, 2.24) is 19.4 Å². The molecule has 2 atom stereocenters. The van der Waals surface area contributed by atoms with E-state index >= 15 is 0 Å². The molecule has 15 heteroatoms. The fraction of sp³-hybridized carbons (Fsp3) is 0.278. The number of hydrogen-bond donors (Lipinski definition) is 1. The zero-order valence-electron chi connectivity index (χ0n) is 28.0. The molecule has 0 radical (unpaired) electrons. The molecule has 2 aliphatic heterocycles. The minimum absolute atomic E-state index is 0.0619. The Kier molecular flexibility index (Phi) is 14.8. The molecule has 4 aromatic carbocycles. The topological polar surface area (TPSA) is 124 Å². The van der Waals surface area contributed by atoms with Gasteiger partial charge in [-0.3, -0.25) is 9.59 Å². The summed E-state index contributed by atoms with van der Waals surface area (Å²) in [6, 6.07) is 31.4. The third kappa shape index (κ3) is 11.7. The van der Waals surface area contributed by atoms with E-state index in [0.29, 0.717) is 24.7 Å². The van der Waals surface area contributed by atoms with Gasteiger partial charge in [-0.2, -0.15) is 4.31 Å². The first-order valence-corrected chi connectivity index (χ1v) is 21.4. The minimum atomic E-state index is -3.57. The van der Waals surface area contributed by atoms with Crippen molar-refractivity contribution in [3.05, 3.63) is 129 Å². The lowest BCUT2D eigenvalue weighted by Gasteiger charge is -2.39. The average molecular weight is 883 g/mol. The van der Waals surface area contributed by atoms with Gasteiger partial charge in [0.05, 0.1) is 9.79 Å². The Labute approximate surface area is 321 Å². The summed E-state index contributed by atoms with van der Waals surface area (Å²) in [5.41, 5.74) is 1.41. The highest BCUT2D eigenvalue weighted by Crippen LogP contribution is 2.24. The van der Waals surface area contributed by atoms with Crippen LogP contribution in [0.4, 0.5) is 0 Å². The number of sulfonamides is 1. The third-order valence-corrected chi connectivity index (χ3v) is 12.5. The molecule has 10 nitrogen and oxygen atoms in total. The number of halogens is 3. The first kappa shape index (κ1) is 40.7. The van der Waals surface area contributed by atoms with Crippen LogP contribution in [-0.2, 0) is 19.1 Å². The van der Waals surface area contributed by atoms with Crippen LogP contribution in [0, 0.1) is 0 Å². The molecule has 51 heavy (non-hydrogen) atoms. The Hall–Kier alpha value is -3.11. The minimum Gasteiger partial charge on any atom is -0.336 e. The van der Waals surface area contributed by atoms with Gasteiger partial charge in [-0.05, 0) is 86.6 Å². The van der Waals surface area contributed by atoms with E-state index in [4.69, 9.17) is 10.7 Å². The zero-order chi connectivity index (χ0) is 37.2. The van der Waals surface area contributed by atoms with Crippen LogP contribution in [0.2, 0.25) is 0 Å². The first-order chi connectivity index (χ1) is 24.2. The molecule has 4 aromatic rings. The van der Waals surface area contributed by atoms with Gasteiger partial charge in [0.15, 0.2) is 0 Å². The molecule has 6 rings (SSSR count). The van der Waals surface area contributed by atoms with Crippen LogP contribution >= 0.6 is 42.5 Å². The average Bonchev–Trinajstić information content (AvgIpc) is 3.12. The number of nitrogens with one attached hydrogen (secondary N) is 1. The lowest BCUT2D eigenvalue weighted by atomic mass is 10.1. The van der Waals surface area contributed by atoms with Crippen LogP contribution in [0.3, 0.4) is 0 Å². The summed E-state index contributed by atoms with van der Waals surface area (Å²) in [5.74, 6) is 0.0806. The van der Waals surface area contributed by atoms with Crippen LogP contribution in [0.25, 0.3) is 0 Å². The van der Waals surface area contributed by atoms with Crippen LogP contribution in [-0.4, -0.2) is 94.1 Å². The van der Waals surface area contributed by atoms with Gasteiger partial charge in [-0.15, -0.1) is 0 Å². The Morgan fingerprint density at radius 2 is 1.10 bits per heavy atom. The maximum atomic E-state index is 12.9. The quantitative estimate of drug-likeness (QED) is 0.228. The van der Waals surface area contributed by atoms with Gasteiger partial charge < -0.3 is 15.1 Å². The SMILES string of the molecule is C[C@@H]1CN(C(=O)c2ccccc2)CCN1.C[C@@H]1CN(C(=O)c2ccccc2)CCN1S(=O)(=O)c1ccc(Br)cc1.O=S(=O)(Cl)c1ccc(Br)cc1. The van der Waals surface area contributed by atoms with Gasteiger partial charge in [0.1, 0.15) is 0 Å². The second-order valence-electron chi connectivity index (χ2n) is 11.9. The van der Waals surface area contributed by atoms with E-state index in [1.54, 1.807) is 53.4 Å². The van der Waals surface area contributed by atoms with Gasteiger partial charge in [-0.1, -0.05) is 68.3 Å². The molecule has 2 fully saturated rings. The fourth-order valence-electron chi connectivity index (χ4n) is 5.46. The molecule has 0 aliphatic carbocycles. The molecular weight excluding hydrogens is 844 g/mol. The molecule has 2 saturated heterocycles. The standard InChI is InChI=1S/C18H19BrN2O3S.C12H16N2O.C6H4BrClO2S/c1-14-13-20(18(22)15-5-3-2-4-6-15)11-12-21(14)25(23,24)17-9-7-16(19)8-10-17;1-10-9-14(8-7-13-10)12(15)11-5-3-2-4-6-11;7-5-1-3-6(4-2-5)11(8,9)10/h2-10,14H,11-13H2,1H3;2-6,10,13H,7-9H2,1H3;1-4H/t14-;10-;/m11./s1. The first-order valence-electron chi connectivity index (χ1n) is 16.1. The third-order valence-electron chi connectivity index (χ3n) is 8.07. The van der Waals surface area contributed by atoms with Crippen molar-refractivity contribution in [2.45, 2.75) is 35.7 Å². The van der Waals surface area contributed by atoms with E-state index in [2.05, 4.69) is 44.1 Å². The van der Waals surface area contributed by atoms with E-state index in [0.717, 1.165) is 34.1 Å². The molecule has 0 saturated carbocycles. The van der Waals surface area contributed by atoms with E-state index in [9.17, 15) is 26.4 Å². The van der Waals surface area contributed by atoms with Gasteiger partial charge in [0, 0.05) is 82.1 Å². The molecule has 2 amide bonds. The molecule has 2 aliphatic rings. The van der Waals surface area contributed by atoms with E-state index in [-0.39, 0.29) is 34.2 Å². The van der Waals surface area contributed by atoms with Gasteiger partial charge in [0.25, 0.3) is 20.9 Å². The molecule has 272 valence electrons. The van der Waals surface area contributed by atoms with Crippen LogP contribution in [0.15, 0.2) is 128 Å². The molecule has 0 bridgehead atoms. The lowest BCUT2D eigenvalue weighted by Crippen LogP contribution is -2.55. The lowest BCUT2D eigenvalue weighted by molar-refractivity contribution is 0.0641. The van der Waals surface area contributed by atoms with Crippen molar-refractivity contribution in [3.8, 4) is 0 Å². The highest BCUT2D eigenvalue weighted by Gasteiger charge is 2.35. The number of hydrogen-bond acceptors (Lipinski definition) is 7.